The van der Waals surface area contributed by atoms with Crippen molar-refractivity contribution in [2.24, 2.45) is 0 Å². The summed E-state index contributed by atoms with van der Waals surface area (Å²) in [5.41, 5.74) is 3.36. The molecule has 5 heteroatoms. The highest BCUT2D eigenvalue weighted by Gasteiger charge is 2.35. The third-order valence-corrected chi connectivity index (χ3v) is 5.98. The quantitative estimate of drug-likeness (QED) is 0.763. The van der Waals surface area contributed by atoms with E-state index in [2.05, 4.69) is 46.3 Å². The molecule has 0 unspecified atom stereocenters. The fourth-order valence-electron chi connectivity index (χ4n) is 4.33. The lowest BCUT2D eigenvalue weighted by Gasteiger charge is -2.38. The van der Waals surface area contributed by atoms with Crippen molar-refractivity contribution < 1.29 is 9.18 Å². The number of piperidine rings is 1. The van der Waals surface area contributed by atoms with Gasteiger partial charge in [0.2, 0.25) is 5.91 Å². The summed E-state index contributed by atoms with van der Waals surface area (Å²) in [6.07, 6.45) is 4.83. The third kappa shape index (κ3) is 5.64. The van der Waals surface area contributed by atoms with Gasteiger partial charge >= 0.3 is 0 Å². The number of hydrogen-bond acceptors (Lipinski definition) is 3. The molecule has 1 N–H and O–H groups in total. The van der Waals surface area contributed by atoms with Crippen LogP contribution in [0.3, 0.4) is 0 Å². The SMILES string of the molecule is Cc1cccc(CN(C2CC2)C2CCN(CC(=O)Nc3ccc(F)cc3)CC2)c1. The molecular weight excluding hydrogens is 365 g/mol. The predicted molar refractivity (Wildman–Crippen MR) is 114 cm³/mol. The summed E-state index contributed by atoms with van der Waals surface area (Å²) in [6.45, 7) is 5.46. The van der Waals surface area contributed by atoms with Gasteiger partial charge in [0.15, 0.2) is 0 Å². The molecule has 1 saturated heterocycles. The Labute approximate surface area is 172 Å². The number of likely N-dealkylation sites (tertiary alicyclic amines) is 1. The van der Waals surface area contributed by atoms with Gasteiger partial charge in [-0.05, 0) is 62.4 Å². The number of nitrogens with one attached hydrogen (secondary N) is 1. The van der Waals surface area contributed by atoms with E-state index in [1.807, 2.05) is 0 Å². The van der Waals surface area contributed by atoms with E-state index in [0.29, 0.717) is 18.3 Å². The van der Waals surface area contributed by atoms with Crippen LogP contribution in [0.25, 0.3) is 0 Å². The Balaban J connectivity index is 1.27. The second-order valence-corrected chi connectivity index (χ2v) is 8.45. The van der Waals surface area contributed by atoms with Gasteiger partial charge in [0.05, 0.1) is 6.54 Å². The van der Waals surface area contributed by atoms with Gasteiger partial charge in [0, 0.05) is 37.4 Å². The van der Waals surface area contributed by atoms with Gasteiger partial charge in [0.25, 0.3) is 0 Å². The summed E-state index contributed by atoms with van der Waals surface area (Å²) < 4.78 is 13.0. The smallest absolute Gasteiger partial charge is 0.238 e. The van der Waals surface area contributed by atoms with Crippen molar-refractivity contribution in [3.63, 3.8) is 0 Å². The van der Waals surface area contributed by atoms with Crippen LogP contribution < -0.4 is 5.32 Å². The molecule has 1 saturated carbocycles. The van der Waals surface area contributed by atoms with E-state index < -0.39 is 0 Å². The largest absolute Gasteiger partial charge is 0.325 e. The van der Waals surface area contributed by atoms with Crippen molar-refractivity contribution in [2.45, 2.75) is 51.2 Å². The van der Waals surface area contributed by atoms with Gasteiger partial charge in [-0.3, -0.25) is 14.6 Å². The summed E-state index contributed by atoms with van der Waals surface area (Å²) in [5, 5.41) is 2.86. The number of nitrogens with zero attached hydrogens (tertiary/aromatic N) is 2. The fraction of sp³-hybridized carbons (Fsp3) is 0.458. The van der Waals surface area contributed by atoms with Crippen LogP contribution in [-0.4, -0.2) is 47.4 Å². The third-order valence-electron chi connectivity index (χ3n) is 5.98. The van der Waals surface area contributed by atoms with E-state index in [4.69, 9.17) is 0 Å². The molecule has 0 spiro atoms. The molecule has 1 aliphatic carbocycles. The first-order valence-corrected chi connectivity index (χ1v) is 10.7. The first-order valence-electron chi connectivity index (χ1n) is 10.7. The average molecular weight is 396 g/mol. The normalized spacial score (nSPS) is 18.2. The van der Waals surface area contributed by atoms with E-state index in [9.17, 15) is 9.18 Å². The molecule has 2 aliphatic rings. The van der Waals surface area contributed by atoms with Crippen LogP contribution in [-0.2, 0) is 11.3 Å². The number of carbonyl (C=O) groups is 1. The van der Waals surface area contributed by atoms with Gasteiger partial charge in [-0.25, -0.2) is 4.39 Å². The molecule has 4 nitrogen and oxygen atoms in total. The maximum Gasteiger partial charge on any atom is 0.238 e. The van der Waals surface area contributed by atoms with Crippen LogP contribution in [0.5, 0.6) is 0 Å². The van der Waals surface area contributed by atoms with E-state index in [0.717, 1.165) is 38.5 Å². The van der Waals surface area contributed by atoms with Gasteiger partial charge in [-0.1, -0.05) is 29.8 Å². The Morgan fingerprint density at radius 2 is 1.76 bits per heavy atom. The number of carbonyl (C=O) groups excluding carboxylic acids is 1. The highest BCUT2D eigenvalue weighted by Crippen LogP contribution is 2.33. The molecule has 1 heterocycles. The van der Waals surface area contributed by atoms with E-state index in [-0.39, 0.29) is 11.7 Å². The van der Waals surface area contributed by atoms with Crippen molar-refractivity contribution in [3.05, 3.63) is 65.5 Å². The average Bonchev–Trinajstić information content (AvgIpc) is 3.54. The molecule has 2 aromatic rings. The first kappa shape index (κ1) is 20.0. The van der Waals surface area contributed by atoms with Crippen LogP contribution in [0, 0.1) is 12.7 Å². The van der Waals surface area contributed by atoms with Crippen molar-refractivity contribution in [3.8, 4) is 0 Å². The summed E-state index contributed by atoms with van der Waals surface area (Å²) >= 11 is 0. The summed E-state index contributed by atoms with van der Waals surface area (Å²) in [6, 6.07) is 16.1. The summed E-state index contributed by atoms with van der Waals surface area (Å²) in [5.74, 6) is -0.329. The molecule has 1 aliphatic heterocycles. The van der Waals surface area contributed by atoms with Crippen molar-refractivity contribution in [1.29, 1.82) is 0 Å². The molecule has 0 atom stereocenters. The number of amides is 1. The Kier molecular flexibility index (Phi) is 6.26. The molecule has 0 aromatic heterocycles. The number of hydrogen-bond donors (Lipinski definition) is 1. The van der Waals surface area contributed by atoms with Crippen LogP contribution in [0.4, 0.5) is 10.1 Å². The Morgan fingerprint density at radius 1 is 1.07 bits per heavy atom. The molecule has 154 valence electrons. The van der Waals surface area contributed by atoms with Gasteiger partial charge in [0.1, 0.15) is 5.82 Å². The minimum atomic E-state index is -0.295. The number of benzene rings is 2. The molecule has 29 heavy (non-hydrogen) atoms. The fourth-order valence-corrected chi connectivity index (χ4v) is 4.33. The summed E-state index contributed by atoms with van der Waals surface area (Å²) in [4.78, 5) is 17.2. The van der Waals surface area contributed by atoms with Crippen LogP contribution in [0.1, 0.15) is 36.8 Å². The zero-order chi connectivity index (χ0) is 20.2. The van der Waals surface area contributed by atoms with Crippen LogP contribution in [0.2, 0.25) is 0 Å². The van der Waals surface area contributed by atoms with E-state index >= 15 is 0 Å². The highest BCUT2D eigenvalue weighted by atomic mass is 19.1. The summed E-state index contributed by atoms with van der Waals surface area (Å²) in [7, 11) is 0. The Bertz CT molecular complexity index is 826. The number of anilines is 1. The number of halogens is 1. The van der Waals surface area contributed by atoms with Crippen LogP contribution in [0.15, 0.2) is 48.5 Å². The number of rotatable bonds is 7. The van der Waals surface area contributed by atoms with Gasteiger partial charge < -0.3 is 5.32 Å². The molecule has 2 aromatic carbocycles. The van der Waals surface area contributed by atoms with E-state index in [1.54, 1.807) is 12.1 Å². The van der Waals surface area contributed by atoms with Gasteiger partial charge in [-0.2, -0.15) is 0 Å². The minimum absolute atomic E-state index is 0.0335. The lowest BCUT2D eigenvalue weighted by Crippen LogP contribution is -2.47. The maximum absolute atomic E-state index is 13.0. The predicted octanol–water partition coefficient (Wildman–Crippen LogP) is 4.20. The van der Waals surface area contributed by atoms with Crippen molar-refractivity contribution in [2.75, 3.05) is 25.0 Å². The second-order valence-electron chi connectivity index (χ2n) is 8.45. The lowest BCUT2D eigenvalue weighted by atomic mass is 10.0. The van der Waals surface area contributed by atoms with E-state index in [1.165, 1.54) is 36.1 Å². The Hall–Kier alpha value is -2.24. The van der Waals surface area contributed by atoms with Crippen molar-refractivity contribution >= 4 is 11.6 Å². The molecular formula is C24H30FN3O. The lowest BCUT2D eigenvalue weighted by molar-refractivity contribution is -0.117. The van der Waals surface area contributed by atoms with Crippen molar-refractivity contribution in [1.82, 2.24) is 9.80 Å². The topological polar surface area (TPSA) is 35.6 Å². The minimum Gasteiger partial charge on any atom is -0.325 e. The first-order chi connectivity index (χ1) is 14.1. The molecule has 0 bridgehead atoms. The van der Waals surface area contributed by atoms with Crippen LogP contribution >= 0.6 is 0 Å². The zero-order valence-corrected chi connectivity index (χ0v) is 17.1. The standard InChI is InChI=1S/C24H30FN3O/c1-18-3-2-4-19(15-18)16-28(22-9-10-22)23-11-13-27(14-12-23)17-24(29)26-21-7-5-20(25)6-8-21/h2-8,15,22-23H,9-14,16-17H2,1H3,(H,26,29). The molecule has 0 radical (unpaired) electrons. The molecule has 2 fully saturated rings. The number of aryl methyl sites for hydroxylation is 1. The highest BCUT2D eigenvalue weighted by molar-refractivity contribution is 5.92. The molecule has 4 rings (SSSR count). The zero-order valence-electron chi connectivity index (χ0n) is 17.1. The monoisotopic (exact) mass is 395 g/mol. The second kappa shape index (κ2) is 9.06. The molecule has 1 amide bonds. The maximum atomic E-state index is 13.0. The Morgan fingerprint density at radius 3 is 2.41 bits per heavy atom. The van der Waals surface area contributed by atoms with Gasteiger partial charge in [-0.15, -0.1) is 0 Å².